The Balaban J connectivity index is 1.86. The standard InChI is InChI=1S/C13H17N3O/c17-13(10-3-6-14-7-4-10)16-11-1-2-12(16)9-15-8-5-11/h3-4,6-7,11-12,15H,1-2,5,8-9H2. The van der Waals surface area contributed by atoms with Gasteiger partial charge in [0.15, 0.2) is 0 Å². The van der Waals surface area contributed by atoms with Crippen LogP contribution in [0.5, 0.6) is 0 Å². The molecule has 2 unspecified atom stereocenters. The molecule has 3 rings (SSSR count). The highest BCUT2D eigenvalue weighted by Crippen LogP contribution is 2.29. The SMILES string of the molecule is O=C(c1ccncc1)N1C2CCNCC1CC2. The van der Waals surface area contributed by atoms with Crippen LogP contribution < -0.4 is 5.32 Å². The number of fused-ring (bicyclic) bond motifs is 2. The van der Waals surface area contributed by atoms with Crippen molar-refractivity contribution >= 4 is 5.91 Å². The van der Waals surface area contributed by atoms with Crippen LogP contribution in [0.15, 0.2) is 24.5 Å². The van der Waals surface area contributed by atoms with E-state index >= 15 is 0 Å². The zero-order valence-electron chi connectivity index (χ0n) is 9.80. The molecule has 0 spiro atoms. The number of rotatable bonds is 1. The number of carbonyl (C=O) groups is 1. The Kier molecular flexibility index (Phi) is 2.81. The summed E-state index contributed by atoms with van der Waals surface area (Å²) in [5.74, 6) is 0.170. The minimum Gasteiger partial charge on any atom is -0.331 e. The molecule has 1 aromatic rings. The minimum absolute atomic E-state index is 0.170. The maximum absolute atomic E-state index is 12.5. The van der Waals surface area contributed by atoms with Gasteiger partial charge < -0.3 is 10.2 Å². The number of carbonyl (C=O) groups excluding carboxylic acids is 1. The van der Waals surface area contributed by atoms with E-state index in [0.717, 1.165) is 37.9 Å². The van der Waals surface area contributed by atoms with Gasteiger partial charge in [0, 0.05) is 36.6 Å². The summed E-state index contributed by atoms with van der Waals surface area (Å²) in [6.45, 7) is 1.97. The lowest BCUT2D eigenvalue weighted by Crippen LogP contribution is -2.42. The van der Waals surface area contributed by atoms with Crippen molar-refractivity contribution < 1.29 is 4.79 Å². The molecule has 2 atom stereocenters. The van der Waals surface area contributed by atoms with E-state index in [4.69, 9.17) is 0 Å². The maximum Gasteiger partial charge on any atom is 0.254 e. The smallest absolute Gasteiger partial charge is 0.254 e. The Bertz CT molecular complexity index is 392. The normalized spacial score (nSPS) is 27.9. The molecule has 90 valence electrons. The molecule has 0 aliphatic carbocycles. The number of hydrogen-bond acceptors (Lipinski definition) is 3. The van der Waals surface area contributed by atoms with Crippen LogP contribution in [-0.4, -0.2) is 41.0 Å². The van der Waals surface area contributed by atoms with Crippen molar-refractivity contribution in [3.63, 3.8) is 0 Å². The van der Waals surface area contributed by atoms with Gasteiger partial charge in [-0.25, -0.2) is 0 Å². The minimum atomic E-state index is 0.170. The topological polar surface area (TPSA) is 45.2 Å². The number of nitrogens with one attached hydrogen (secondary N) is 1. The van der Waals surface area contributed by atoms with E-state index < -0.39 is 0 Å². The molecule has 17 heavy (non-hydrogen) atoms. The molecule has 0 saturated carbocycles. The Labute approximate surface area is 101 Å². The highest BCUT2D eigenvalue weighted by Gasteiger charge is 2.38. The van der Waals surface area contributed by atoms with Crippen LogP contribution in [0, 0.1) is 0 Å². The van der Waals surface area contributed by atoms with Crippen LogP contribution in [0.4, 0.5) is 0 Å². The number of hydrogen-bond donors (Lipinski definition) is 1. The van der Waals surface area contributed by atoms with Crippen molar-refractivity contribution in [1.82, 2.24) is 15.2 Å². The highest BCUT2D eigenvalue weighted by atomic mass is 16.2. The van der Waals surface area contributed by atoms with Crippen molar-refractivity contribution in [1.29, 1.82) is 0 Å². The first-order chi connectivity index (χ1) is 8.36. The largest absolute Gasteiger partial charge is 0.331 e. The Hall–Kier alpha value is -1.42. The number of pyridine rings is 1. The number of nitrogens with zero attached hydrogens (tertiary/aromatic N) is 2. The van der Waals surface area contributed by atoms with Gasteiger partial charge in [-0.05, 0) is 37.9 Å². The fourth-order valence-corrected chi connectivity index (χ4v) is 2.96. The average molecular weight is 231 g/mol. The summed E-state index contributed by atoms with van der Waals surface area (Å²) >= 11 is 0. The summed E-state index contributed by atoms with van der Waals surface area (Å²) in [6.07, 6.45) is 6.74. The van der Waals surface area contributed by atoms with Crippen LogP contribution in [0.1, 0.15) is 29.6 Å². The van der Waals surface area contributed by atoms with Gasteiger partial charge in [0.25, 0.3) is 5.91 Å². The molecule has 2 bridgehead atoms. The molecule has 2 aliphatic heterocycles. The summed E-state index contributed by atoms with van der Waals surface area (Å²) < 4.78 is 0. The van der Waals surface area contributed by atoms with Gasteiger partial charge in [-0.3, -0.25) is 9.78 Å². The van der Waals surface area contributed by atoms with E-state index in [2.05, 4.69) is 15.2 Å². The molecule has 2 aliphatic rings. The van der Waals surface area contributed by atoms with E-state index in [1.54, 1.807) is 24.5 Å². The van der Waals surface area contributed by atoms with Gasteiger partial charge in [-0.15, -0.1) is 0 Å². The molecule has 4 heteroatoms. The Morgan fingerprint density at radius 3 is 2.82 bits per heavy atom. The van der Waals surface area contributed by atoms with Gasteiger partial charge in [0.05, 0.1) is 0 Å². The molecular formula is C13H17N3O. The second-order valence-corrected chi connectivity index (χ2v) is 4.83. The second kappa shape index (κ2) is 4.45. The van der Waals surface area contributed by atoms with E-state index in [0.29, 0.717) is 12.1 Å². The van der Waals surface area contributed by atoms with Crippen LogP contribution in [-0.2, 0) is 0 Å². The summed E-state index contributed by atoms with van der Waals surface area (Å²) in [5, 5.41) is 3.41. The van der Waals surface area contributed by atoms with Crippen LogP contribution in [0.3, 0.4) is 0 Å². The molecular weight excluding hydrogens is 214 g/mol. The summed E-state index contributed by atoms with van der Waals surface area (Å²) in [7, 11) is 0. The van der Waals surface area contributed by atoms with Crippen LogP contribution in [0.25, 0.3) is 0 Å². The van der Waals surface area contributed by atoms with Crippen molar-refractivity contribution in [2.24, 2.45) is 0 Å². The lowest BCUT2D eigenvalue weighted by molar-refractivity contribution is 0.0680. The van der Waals surface area contributed by atoms with Crippen molar-refractivity contribution in [2.75, 3.05) is 13.1 Å². The third-order valence-electron chi connectivity index (χ3n) is 3.82. The molecule has 2 saturated heterocycles. The Morgan fingerprint density at radius 2 is 2.00 bits per heavy atom. The molecule has 1 N–H and O–H groups in total. The first-order valence-electron chi connectivity index (χ1n) is 6.29. The quantitative estimate of drug-likeness (QED) is 0.785. The monoisotopic (exact) mass is 231 g/mol. The lowest BCUT2D eigenvalue weighted by atomic mass is 10.1. The van der Waals surface area contributed by atoms with Crippen LogP contribution >= 0.6 is 0 Å². The van der Waals surface area contributed by atoms with Gasteiger partial charge in [0.2, 0.25) is 0 Å². The zero-order chi connectivity index (χ0) is 11.7. The van der Waals surface area contributed by atoms with Gasteiger partial charge >= 0.3 is 0 Å². The maximum atomic E-state index is 12.5. The molecule has 3 heterocycles. The summed E-state index contributed by atoms with van der Waals surface area (Å²) in [4.78, 5) is 18.5. The third kappa shape index (κ3) is 1.93. The predicted molar refractivity (Wildman–Crippen MR) is 64.7 cm³/mol. The van der Waals surface area contributed by atoms with E-state index in [1.165, 1.54) is 0 Å². The van der Waals surface area contributed by atoms with Crippen LogP contribution in [0.2, 0.25) is 0 Å². The molecule has 1 amide bonds. The zero-order valence-corrected chi connectivity index (χ0v) is 9.80. The van der Waals surface area contributed by atoms with Gasteiger partial charge in [-0.2, -0.15) is 0 Å². The highest BCUT2D eigenvalue weighted by molar-refractivity contribution is 5.94. The third-order valence-corrected chi connectivity index (χ3v) is 3.82. The molecule has 2 fully saturated rings. The second-order valence-electron chi connectivity index (χ2n) is 4.83. The fourth-order valence-electron chi connectivity index (χ4n) is 2.96. The van der Waals surface area contributed by atoms with Crippen molar-refractivity contribution in [2.45, 2.75) is 31.3 Å². The van der Waals surface area contributed by atoms with Gasteiger partial charge in [-0.1, -0.05) is 0 Å². The van der Waals surface area contributed by atoms with E-state index in [9.17, 15) is 4.79 Å². The Morgan fingerprint density at radius 1 is 1.24 bits per heavy atom. The van der Waals surface area contributed by atoms with Gasteiger partial charge in [0.1, 0.15) is 0 Å². The van der Waals surface area contributed by atoms with Crippen molar-refractivity contribution in [3.8, 4) is 0 Å². The summed E-state index contributed by atoms with van der Waals surface area (Å²) in [5.41, 5.74) is 0.763. The summed E-state index contributed by atoms with van der Waals surface area (Å²) in [6, 6.07) is 4.42. The van der Waals surface area contributed by atoms with E-state index in [-0.39, 0.29) is 5.91 Å². The first kappa shape index (κ1) is 10.7. The average Bonchev–Trinajstić information content (AvgIpc) is 2.63. The lowest BCUT2D eigenvalue weighted by Gasteiger charge is -2.27. The molecule has 1 aromatic heterocycles. The fraction of sp³-hybridized carbons (Fsp3) is 0.538. The predicted octanol–water partition coefficient (Wildman–Crippen LogP) is 1.05. The number of aromatic nitrogens is 1. The number of amides is 1. The van der Waals surface area contributed by atoms with Crippen molar-refractivity contribution in [3.05, 3.63) is 30.1 Å². The molecule has 4 nitrogen and oxygen atoms in total. The molecule has 0 aromatic carbocycles. The molecule has 0 radical (unpaired) electrons. The first-order valence-corrected chi connectivity index (χ1v) is 6.29. The van der Waals surface area contributed by atoms with E-state index in [1.807, 2.05) is 0 Å².